The predicted octanol–water partition coefficient (Wildman–Crippen LogP) is 1.57. The van der Waals surface area contributed by atoms with Gasteiger partial charge in [-0.2, -0.15) is 0 Å². The lowest BCUT2D eigenvalue weighted by Crippen LogP contribution is -2.28. The van der Waals surface area contributed by atoms with Crippen molar-refractivity contribution in [3.63, 3.8) is 0 Å². The summed E-state index contributed by atoms with van der Waals surface area (Å²) >= 11 is 0. The van der Waals surface area contributed by atoms with Crippen LogP contribution in [0, 0.1) is 0 Å². The molecule has 1 heterocycles. The second-order valence-electron chi connectivity index (χ2n) is 4.56. The third-order valence-electron chi connectivity index (χ3n) is 3.06. The molecule has 2 rings (SSSR count). The van der Waals surface area contributed by atoms with E-state index in [4.69, 9.17) is 10.8 Å². The average molecular weight is 285 g/mol. The molecule has 0 spiro atoms. The number of hydrogen-bond acceptors (Lipinski definition) is 4. The van der Waals surface area contributed by atoms with Gasteiger partial charge in [-0.05, 0) is 36.4 Å². The number of likely N-dealkylation sites (N-methyl/N-ethyl adjacent to an activating group) is 1. The Hall–Kier alpha value is -2.89. The average Bonchev–Trinajstić information content (AvgIpc) is 2.49. The van der Waals surface area contributed by atoms with Crippen LogP contribution in [0.2, 0.25) is 0 Å². The van der Waals surface area contributed by atoms with E-state index in [-0.39, 0.29) is 17.9 Å². The zero-order chi connectivity index (χ0) is 15.4. The van der Waals surface area contributed by atoms with Gasteiger partial charge >= 0.3 is 5.97 Å². The maximum Gasteiger partial charge on any atom is 0.335 e. The van der Waals surface area contributed by atoms with Crippen LogP contribution in [0.1, 0.15) is 16.1 Å². The smallest absolute Gasteiger partial charge is 0.335 e. The topological polar surface area (TPSA) is 96.5 Å². The second-order valence-corrected chi connectivity index (χ2v) is 4.56. The molecule has 6 nitrogen and oxygen atoms in total. The Morgan fingerprint density at radius 1 is 1.19 bits per heavy atom. The maximum absolute atomic E-state index is 12.2. The fourth-order valence-corrected chi connectivity index (χ4v) is 1.79. The number of nitrogens with two attached hydrogens (primary N) is 1. The number of aromatic carboxylic acids is 1. The summed E-state index contributed by atoms with van der Waals surface area (Å²) in [5.41, 5.74) is 7.52. The van der Waals surface area contributed by atoms with Crippen molar-refractivity contribution in [1.29, 1.82) is 0 Å². The van der Waals surface area contributed by atoms with Crippen molar-refractivity contribution in [2.75, 3.05) is 17.7 Å². The molecule has 0 radical (unpaired) electrons. The quantitative estimate of drug-likeness (QED) is 0.888. The summed E-state index contributed by atoms with van der Waals surface area (Å²) in [6, 6.07) is 9.51. The van der Waals surface area contributed by atoms with Crippen molar-refractivity contribution in [2.24, 2.45) is 0 Å². The van der Waals surface area contributed by atoms with E-state index in [1.807, 2.05) is 0 Å². The van der Waals surface area contributed by atoms with Crippen molar-refractivity contribution in [2.45, 2.75) is 6.42 Å². The van der Waals surface area contributed by atoms with Gasteiger partial charge in [0.1, 0.15) is 0 Å². The molecule has 0 bridgehead atoms. The van der Waals surface area contributed by atoms with Gasteiger partial charge in [0.05, 0.1) is 23.9 Å². The molecule has 3 N–H and O–H groups in total. The summed E-state index contributed by atoms with van der Waals surface area (Å²) < 4.78 is 0. The number of benzene rings is 1. The van der Waals surface area contributed by atoms with Gasteiger partial charge in [-0.25, -0.2) is 4.79 Å². The van der Waals surface area contributed by atoms with Gasteiger partial charge in [-0.3, -0.25) is 9.78 Å². The minimum Gasteiger partial charge on any atom is -0.478 e. The molecule has 0 unspecified atom stereocenters. The van der Waals surface area contributed by atoms with Gasteiger partial charge in [0.2, 0.25) is 5.91 Å². The van der Waals surface area contributed by atoms with Crippen molar-refractivity contribution < 1.29 is 14.7 Å². The van der Waals surface area contributed by atoms with Crippen LogP contribution in [0.4, 0.5) is 11.4 Å². The molecular formula is C15H15N3O3. The van der Waals surface area contributed by atoms with Crippen LogP contribution in [0.25, 0.3) is 0 Å². The molecule has 1 aromatic heterocycles. The number of rotatable bonds is 4. The molecule has 0 saturated carbocycles. The van der Waals surface area contributed by atoms with E-state index >= 15 is 0 Å². The number of amides is 1. The van der Waals surface area contributed by atoms with Crippen LogP contribution in [0.5, 0.6) is 0 Å². The molecule has 108 valence electrons. The number of carbonyl (C=O) groups excluding carboxylic acids is 1. The first-order valence-electron chi connectivity index (χ1n) is 6.27. The molecular weight excluding hydrogens is 270 g/mol. The Bertz CT molecular complexity index is 651. The van der Waals surface area contributed by atoms with Crippen LogP contribution in [0.3, 0.4) is 0 Å². The van der Waals surface area contributed by atoms with Gasteiger partial charge < -0.3 is 15.7 Å². The van der Waals surface area contributed by atoms with Crippen molar-refractivity contribution in [3.05, 3.63) is 53.9 Å². The molecule has 2 aromatic rings. The van der Waals surface area contributed by atoms with Gasteiger partial charge in [0, 0.05) is 18.4 Å². The van der Waals surface area contributed by atoms with E-state index in [0.717, 1.165) is 0 Å². The first-order valence-corrected chi connectivity index (χ1v) is 6.27. The highest BCUT2D eigenvalue weighted by Gasteiger charge is 2.13. The largest absolute Gasteiger partial charge is 0.478 e. The molecule has 0 aliphatic carbocycles. The van der Waals surface area contributed by atoms with E-state index in [1.165, 1.54) is 23.2 Å². The normalized spacial score (nSPS) is 10.1. The lowest BCUT2D eigenvalue weighted by molar-refractivity contribution is -0.117. The number of nitrogen functional groups attached to an aromatic ring is 1. The highest BCUT2D eigenvalue weighted by molar-refractivity contribution is 5.95. The Morgan fingerprint density at radius 3 is 2.38 bits per heavy atom. The Morgan fingerprint density at radius 2 is 1.86 bits per heavy atom. The van der Waals surface area contributed by atoms with Crippen LogP contribution >= 0.6 is 0 Å². The van der Waals surface area contributed by atoms with Crippen LogP contribution < -0.4 is 10.6 Å². The Labute approximate surface area is 121 Å². The third-order valence-corrected chi connectivity index (χ3v) is 3.06. The number of hydrogen-bond donors (Lipinski definition) is 2. The monoisotopic (exact) mass is 285 g/mol. The number of anilines is 2. The lowest BCUT2D eigenvalue weighted by atomic mass is 10.2. The van der Waals surface area contributed by atoms with Gasteiger partial charge in [0.25, 0.3) is 0 Å². The SMILES string of the molecule is CN(C(=O)Cc1ccc(N)cn1)c1ccc(C(=O)O)cc1. The predicted molar refractivity (Wildman–Crippen MR) is 79.2 cm³/mol. The fraction of sp³-hybridized carbons (Fsp3) is 0.133. The van der Waals surface area contributed by atoms with Crippen molar-refractivity contribution in [1.82, 2.24) is 4.98 Å². The fourth-order valence-electron chi connectivity index (χ4n) is 1.79. The lowest BCUT2D eigenvalue weighted by Gasteiger charge is -2.17. The zero-order valence-electron chi connectivity index (χ0n) is 11.5. The summed E-state index contributed by atoms with van der Waals surface area (Å²) in [5.74, 6) is -1.14. The molecule has 21 heavy (non-hydrogen) atoms. The minimum absolute atomic E-state index is 0.143. The number of carbonyl (C=O) groups is 2. The summed E-state index contributed by atoms with van der Waals surface area (Å²) in [6.45, 7) is 0. The van der Waals surface area contributed by atoms with Gasteiger partial charge in [0.15, 0.2) is 0 Å². The standard InChI is InChI=1S/C15H15N3O3/c1-18(13-6-2-10(3-7-13)15(20)21)14(19)8-12-5-4-11(16)9-17-12/h2-7,9H,8,16H2,1H3,(H,20,21). The first kappa shape index (κ1) is 14.5. The number of aromatic nitrogens is 1. The van der Waals surface area contributed by atoms with Crippen LogP contribution in [-0.4, -0.2) is 29.0 Å². The summed E-state index contributed by atoms with van der Waals surface area (Å²) in [7, 11) is 1.63. The van der Waals surface area contributed by atoms with Crippen LogP contribution in [-0.2, 0) is 11.2 Å². The van der Waals surface area contributed by atoms with Crippen molar-refractivity contribution in [3.8, 4) is 0 Å². The Balaban J connectivity index is 2.08. The molecule has 0 fully saturated rings. The first-order chi connectivity index (χ1) is 9.97. The number of pyridine rings is 1. The van der Waals surface area contributed by atoms with Crippen molar-refractivity contribution >= 4 is 23.3 Å². The number of carboxylic acids is 1. The highest BCUT2D eigenvalue weighted by atomic mass is 16.4. The van der Waals surface area contributed by atoms with Crippen LogP contribution in [0.15, 0.2) is 42.6 Å². The summed E-state index contributed by atoms with van der Waals surface area (Å²) in [6.07, 6.45) is 1.65. The summed E-state index contributed by atoms with van der Waals surface area (Å²) in [5, 5.41) is 8.84. The second kappa shape index (κ2) is 6.04. The molecule has 1 aromatic carbocycles. The third kappa shape index (κ3) is 3.56. The van der Waals surface area contributed by atoms with E-state index in [1.54, 1.807) is 31.3 Å². The minimum atomic E-state index is -0.999. The van der Waals surface area contributed by atoms with Gasteiger partial charge in [-0.15, -0.1) is 0 Å². The molecule has 0 aliphatic rings. The number of carboxylic acid groups (broad SMARTS) is 1. The zero-order valence-corrected chi connectivity index (χ0v) is 11.5. The molecule has 0 aliphatic heterocycles. The van der Waals surface area contributed by atoms with E-state index < -0.39 is 5.97 Å². The summed E-state index contributed by atoms with van der Waals surface area (Å²) in [4.78, 5) is 28.5. The maximum atomic E-state index is 12.2. The van der Waals surface area contributed by atoms with E-state index in [0.29, 0.717) is 17.1 Å². The Kier molecular flexibility index (Phi) is 4.18. The van der Waals surface area contributed by atoms with E-state index in [9.17, 15) is 9.59 Å². The molecule has 0 atom stereocenters. The number of nitrogens with zero attached hydrogens (tertiary/aromatic N) is 2. The molecule has 0 saturated heterocycles. The molecule has 1 amide bonds. The molecule has 6 heteroatoms. The highest BCUT2D eigenvalue weighted by Crippen LogP contribution is 2.15. The van der Waals surface area contributed by atoms with Gasteiger partial charge in [-0.1, -0.05) is 0 Å². The van der Waals surface area contributed by atoms with E-state index in [2.05, 4.69) is 4.98 Å².